The predicted octanol–water partition coefficient (Wildman–Crippen LogP) is 3.01. The standard InChI is InChI=1S/C21H26F2N4O2/c1-3-24-21(25-12-14-7-8-19(29-2)18(28)11-14)26-15-9-10-27(13-15)20-16(22)5-4-6-17(20)23/h4-8,11,15,28H,3,9-10,12-13H2,1-2H3,(H2,24,25,26). The predicted molar refractivity (Wildman–Crippen MR) is 110 cm³/mol. The number of halogens is 2. The normalized spacial score (nSPS) is 16.8. The molecule has 1 aliphatic heterocycles. The summed E-state index contributed by atoms with van der Waals surface area (Å²) in [6.07, 6.45) is 0.738. The van der Waals surface area contributed by atoms with Gasteiger partial charge in [-0.25, -0.2) is 13.8 Å². The van der Waals surface area contributed by atoms with Gasteiger partial charge in [0.15, 0.2) is 17.5 Å². The Balaban J connectivity index is 1.65. The van der Waals surface area contributed by atoms with Crippen LogP contribution in [0.3, 0.4) is 0 Å². The van der Waals surface area contributed by atoms with Crippen LogP contribution in [-0.2, 0) is 6.54 Å². The van der Waals surface area contributed by atoms with Crippen molar-refractivity contribution < 1.29 is 18.6 Å². The lowest BCUT2D eigenvalue weighted by Gasteiger charge is -2.21. The van der Waals surface area contributed by atoms with Gasteiger partial charge in [0, 0.05) is 25.7 Å². The molecule has 1 atom stereocenters. The number of nitrogens with zero attached hydrogens (tertiary/aromatic N) is 2. The molecule has 0 amide bonds. The van der Waals surface area contributed by atoms with Crippen LogP contribution in [0.25, 0.3) is 0 Å². The first kappa shape index (κ1) is 20.7. The molecule has 0 radical (unpaired) electrons. The topological polar surface area (TPSA) is 69.1 Å². The molecule has 2 aromatic rings. The maximum absolute atomic E-state index is 14.0. The molecule has 8 heteroatoms. The van der Waals surface area contributed by atoms with Crippen molar-refractivity contribution in [1.29, 1.82) is 0 Å². The molecule has 3 rings (SSSR count). The molecule has 2 aromatic carbocycles. The van der Waals surface area contributed by atoms with E-state index in [4.69, 9.17) is 4.74 Å². The minimum Gasteiger partial charge on any atom is -0.504 e. The van der Waals surface area contributed by atoms with Crippen molar-refractivity contribution in [3.05, 3.63) is 53.6 Å². The summed E-state index contributed by atoms with van der Waals surface area (Å²) in [5.74, 6) is -0.00886. The SMILES string of the molecule is CCNC(=NCc1ccc(OC)c(O)c1)NC1CCN(c2c(F)cccc2F)C1. The molecule has 6 nitrogen and oxygen atoms in total. The summed E-state index contributed by atoms with van der Waals surface area (Å²) in [6, 6.07) is 9.07. The molecule has 156 valence electrons. The number of ether oxygens (including phenoxy) is 1. The maximum atomic E-state index is 14.0. The van der Waals surface area contributed by atoms with Gasteiger partial charge in [-0.15, -0.1) is 0 Å². The van der Waals surface area contributed by atoms with Gasteiger partial charge in [-0.2, -0.15) is 0 Å². The number of nitrogens with one attached hydrogen (secondary N) is 2. The third-order valence-corrected chi connectivity index (χ3v) is 4.79. The molecule has 1 heterocycles. The van der Waals surface area contributed by atoms with Gasteiger partial charge in [0.1, 0.15) is 17.3 Å². The zero-order chi connectivity index (χ0) is 20.8. The number of phenols is 1. The fourth-order valence-electron chi connectivity index (χ4n) is 3.39. The van der Waals surface area contributed by atoms with Crippen LogP contribution in [0.5, 0.6) is 11.5 Å². The van der Waals surface area contributed by atoms with E-state index in [-0.39, 0.29) is 17.5 Å². The lowest BCUT2D eigenvalue weighted by molar-refractivity contribution is 0.373. The summed E-state index contributed by atoms with van der Waals surface area (Å²) in [7, 11) is 1.50. The van der Waals surface area contributed by atoms with E-state index < -0.39 is 11.6 Å². The van der Waals surface area contributed by atoms with Gasteiger partial charge in [-0.1, -0.05) is 12.1 Å². The van der Waals surface area contributed by atoms with Crippen molar-refractivity contribution >= 4 is 11.6 Å². The minimum absolute atomic E-state index is 0.0103. The fraction of sp³-hybridized carbons (Fsp3) is 0.381. The first-order chi connectivity index (χ1) is 14.0. The number of phenolic OH excluding ortho intramolecular Hbond substituents is 1. The molecular formula is C21H26F2N4O2. The average Bonchev–Trinajstić information content (AvgIpc) is 3.14. The summed E-state index contributed by atoms with van der Waals surface area (Å²) in [5.41, 5.74) is 0.856. The molecule has 1 fully saturated rings. The summed E-state index contributed by atoms with van der Waals surface area (Å²) in [5, 5.41) is 16.4. The van der Waals surface area contributed by atoms with E-state index in [0.717, 1.165) is 12.0 Å². The molecule has 1 aliphatic rings. The number of guanidine groups is 1. The van der Waals surface area contributed by atoms with E-state index in [1.807, 2.05) is 13.0 Å². The second-order valence-electron chi connectivity index (χ2n) is 6.85. The molecule has 0 aliphatic carbocycles. The van der Waals surface area contributed by atoms with E-state index in [0.29, 0.717) is 37.9 Å². The number of aliphatic imine (C=N–C) groups is 1. The summed E-state index contributed by atoms with van der Waals surface area (Å²) >= 11 is 0. The molecule has 0 bridgehead atoms. The van der Waals surface area contributed by atoms with Crippen LogP contribution in [0.15, 0.2) is 41.4 Å². The van der Waals surface area contributed by atoms with E-state index >= 15 is 0 Å². The highest BCUT2D eigenvalue weighted by molar-refractivity contribution is 5.80. The molecule has 1 unspecified atom stereocenters. The minimum atomic E-state index is -0.550. The summed E-state index contributed by atoms with van der Waals surface area (Å²) in [4.78, 5) is 6.27. The lowest BCUT2D eigenvalue weighted by Crippen LogP contribution is -2.44. The monoisotopic (exact) mass is 404 g/mol. The van der Waals surface area contributed by atoms with Crippen molar-refractivity contribution in [1.82, 2.24) is 10.6 Å². The van der Waals surface area contributed by atoms with Crippen molar-refractivity contribution in [2.75, 3.05) is 31.6 Å². The van der Waals surface area contributed by atoms with Gasteiger partial charge >= 0.3 is 0 Å². The zero-order valence-corrected chi connectivity index (χ0v) is 16.6. The maximum Gasteiger partial charge on any atom is 0.191 e. The van der Waals surface area contributed by atoms with Gasteiger partial charge in [0.2, 0.25) is 0 Å². The fourth-order valence-corrected chi connectivity index (χ4v) is 3.39. The molecule has 0 spiro atoms. The quantitative estimate of drug-likeness (QED) is 0.510. The number of para-hydroxylation sites is 1. The Morgan fingerprint density at radius 2 is 2.03 bits per heavy atom. The van der Waals surface area contributed by atoms with Crippen molar-refractivity contribution in [2.45, 2.75) is 25.9 Å². The number of rotatable bonds is 6. The largest absolute Gasteiger partial charge is 0.504 e. The van der Waals surface area contributed by atoms with E-state index in [1.165, 1.54) is 25.3 Å². The second kappa shape index (κ2) is 9.45. The number of methoxy groups -OCH3 is 1. The van der Waals surface area contributed by atoms with Crippen LogP contribution >= 0.6 is 0 Å². The number of benzene rings is 2. The Hall–Kier alpha value is -3.03. The van der Waals surface area contributed by atoms with E-state index in [9.17, 15) is 13.9 Å². The zero-order valence-electron chi connectivity index (χ0n) is 16.6. The Kier molecular flexibility index (Phi) is 6.74. The van der Waals surface area contributed by atoms with E-state index in [1.54, 1.807) is 17.0 Å². The van der Waals surface area contributed by atoms with Crippen LogP contribution < -0.4 is 20.3 Å². The Labute approximate surface area is 169 Å². The lowest BCUT2D eigenvalue weighted by atomic mass is 10.2. The first-order valence-corrected chi connectivity index (χ1v) is 9.61. The highest BCUT2D eigenvalue weighted by atomic mass is 19.1. The smallest absolute Gasteiger partial charge is 0.191 e. The van der Waals surface area contributed by atoms with Crippen molar-refractivity contribution in [3.63, 3.8) is 0 Å². The summed E-state index contributed by atoms with van der Waals surface area (Å²) in [6.45, 7) is 4.04. The number of anilines is 1. The van der Waals surface area contributed by atoms with Gasteiger partial charge in [0.05, 0.1) is 13.7 Å². The Morgan fingerprint density at radius 1 is 1.28 bits per heavy atom. The van der Waals surface area contributed by atoms with Crippen LogP contribution in [0, 0.1) is 11.6 Å². The molecule has 1 saturated heterocycles. The average molecular weight is 404 g/mol. The van der Waals surface area contributed by atoms with Crippen LogP contribution in [0.1, 0.15) is 18.9 Å². The second-order valence-corrected chi connectivity index (χ2v) is 6.85. The molecule has 3 N–H and O–H groups in total. The van der Waals surface area contributed by atoms with Gasteiger partial charge < -0.3 is 25.4 Å². The number of aromatic hydroxyl groups is 1. The highest BCUT2D eigenvalue weighted by Crippen LogP contribution is 2.27. The molecule has 29 heavy (non-hydrogen) atoms. The van der Waals surface area contributed by atoms with Gasteiger partial charge in [0.25, 0.3) is 0 Å². The van der Waals surface area contributed by atoms with Gasteiger partial charge in [-0.05, 0) is 43.2 Å². The Morgan fingerprint density at radius 3 is 2.69 bits per heavy atom. The van der Waals surface area contributed by atoms with E-state index in [2.05, 4.69) is 15.6 Å². The van der Waals surface area contributed by atoms with Crippen LogP contribution in [0.2, 0.25) is 0 Å². The molecule has 0 saturated carbocycles. The molecular weight excluding hydrogens is 378 g/mol. The van der Waals surface area contributed by atoms with Crippen molar-refractivity contribution in [3.8, 4) is 11.5 Å². The molecule has 0 aromatic heterocycles. The summed E-state index contributed by atoms with van der Waals surface area (Å²) < 4.78 is 33.1. The highest BCUT2D eigenvalue weighted by Gasteiger charge is 2.27. The third-order valence-electron chi connectivity index (χ3n) is 4.79. The first-order valence-electron chi connectivity index (χ1n) is 9.61. The van der Waals surface area contributed by atoms with Gasteiger partial charge in [-0.3, -0.25) is 0 Å². The number of hydrogen-bond donors (Lipinski definition) is 3. The third kappa shape index (κ3) is 5.07. The number of hydrogen-bond acceptors (Lipinski definition) is 4. The Bertz CT molecular complexity index is 856. The van der Waals surface area contributed by atoms with Crippen LogP contribution in [0.4, 0.5) is 14.5 Å². The van der Waals surface area contributed by atoms with Crippen molar-refractivity contribution in [2.24, 2.45) is 4.99 Å². The van der Waals surface area contributed by atoms with Crippen LogP contribution in [-0.4, -0.2) is 43.9 Å².